The number of carbonyl (C=O) groups is 1. The monoisotopic (exact) mass is 467 g/mol. The van der Waals surface area contributed by atoms with Crippen molar-refractivity contribution < 1.29 is 13.2 Å². The highest BCUT2D eigenvalue weighted by atomic mass is 32.2. The Bertz CT molecular complexity index is 1380. The zero-order valence-electron chi connectivity index (χ0n) is 18.3. The summed E-state index contributed by atoms with van der Waals surface area (Å²) < 4.78 is 27.8. The van der Waals surface area contributed by atoms with Crippen LogP contribution in [-0.2, 0) is 27.7 Å². The molecule has 4 N–H and O–H groups in total. The average Bonchev–Trinajstić information content (AvgIpc) is 2.77. The fourth-order valence-corrected chi connectivity index (χ4v) is 5.84. The number of nitrogen functional groups attached to an aromatic ring is 1. The molecule has 1 aromatic carbocycles. The molecule has 2 aromatic heterocycles. The fraction of sp³-hybridized carbons (Fsp3) is 0.261. The number of amides is 1. The predicted octanol–water partition coefficient (Wildman–Crippen LogP) is 1.70. The van der Waals surface area contributed by atoms with E-state index in [0.717, 1.165) is 5.56 Å². The van der Waals surface area contributed by atoms with Gasteiger partial charge in [-0.15, -0.1) is 0 Å². The van der Waals surface area contributed by atoms with Gasteiger partial charge in [0, 0.05) is 24.5 Å². The van der Waals surface area contributed by atoms with E-state index in [-0.39, 0.29) is 36.1 Å². The van der Waals surface area contributed by atoms with Crippen molar-refractivity contribution in [1.29, 1.82) is 0 Å². The zero-order valence-corrected chi connectivity index (χ0v) is 19.1. The number of aryl methyl sites for hydroxylation is 2. The first-order valence-corrected chi connectivity index (χ1v) is 12.0. The van der Waals surface area contributed by atoms with E-state index < -0.39 is 20.6 Å². The van der Waals surface area contributed by atoms with E-state index in [9.17, 15) is 18.0 Å². The summed E-state index contributed by atoms with van der Waals surface area (Å²) in [6.45, 7) is 3.49. The van der Waals surface area contributed by atoms with E-state index >= 15 is 0 Å². The van der Waals surface area contributed by atoms with Crippen LogP contribution in [0.15, 0.2) is 58.2 Å². The molecular weight excluding hydrogens is 442 g/mol. The molecule has 0 radical (unpaired) electrons. The predicted molar refractivity (Wildman–Crippen MR) is 126 cm³/mol. The lowest BCUT2D eigenvalue weighted by atomic mass is 10.1. The molecule has 172 valence electrons. The Kier molecular flexibility index (Phi) is 5.94. The molecule has 0 bridgehead atoms. The van der Waals surface area contributed by atoms with Crippen LogP contribution in [-0.4, -0.2) is 30.4 Å². The summed E-state index contributed by atoms with van der Waals surface area (Å²) in [5, 5.41) is 4.96. The van der Waals surface area contributed by atoms with Gasteiger partial charge in [0.1, 0.15) is 23.3 Å². The second kappa shape index (κ2) is 8.70. The Hall–Kier alpha value is -3.66. The van der Waals surface area contributed by atoms with Crippen LogP contribution < -0.4 is 21.9 Å². The van der Waals surface area contributed by atoms with Crippen molar-refractivity contribution in [2.75, 3.05) is 17.6 Å². The molecule has 0 spiro atoms. The lowest BCUT2D eigenvalue weighted by molar-refractivity contribution is -0.121. The molecule has 0 fully saturated rings. The third-order valence-electron chi connectivity index (χ3n) is 5.78. The van der Waals surface area contributed by atoms with Gasteiger partial charge < -0.3 is 20.9 Å². The lowest BCUT2D eigenvalue weighted by Crippen LogP contribution is -2.38. The molecular formula is C23H25N5O4S. The molecule has 1 aliphatic rings. The van der Waals surface area contributed by atoms with Gasteiger partial charge in [0.2, 0.25) is 5.91 Å². The zero-order chi connectivity index (χ0) is 23.8. The molecule has 3 aromatic rings. The van der Waals surface area contributed by atoms with E-state index in [0.29, 0.717) is 22.8 Å². The smallest absolute Gasteiger partial charge is 0.275 e. The molecule has 1 unspecified atom stereocenters. The molecule has 33 heavy (non-hydrogen) atoms. The van der Waals surface area contributed by atoms with Gasteiger partial charge in [0.15, 0.2) is 9.84 Å². The molecule has 3 heterocycles. The van der Waals surface area contributed by atoms with Crippen LogP contribution in [0.3, 0.4) is 0 Å². The summed E-state index contributed by atoms with van der Waals surface area (Å²) in [5.74, 6) is 0.0213. The molecule has 1 aliphatic heterocycles. The van der Waals surface area contributed by atoms with E-state index in [1.807, 2.05) is 6.07 Å². The van der Waals surface area contributed by atoms with Gasteiger partial charge >= 0.3 is 0 Å². The Morgan fingerprint density at radius 2 is 1.94 bits per heavy atom. The standard InChI is InChI=1S/C23H25N5O4S/c1-14-10-18-22(26-12-19(33(18,31)32)16-6-4-3-5-7-16)23(30)28(14)13-21(29)25-11-17-8-9-20(24)27-15(17)2/h3-10,19,26H,11-13H2,1-2H3,(H2,24,27)(H,25,29). The van der Waals surface area contributed by atoms with E-state index in [2.05, 4.69) is 15.6 Å². The molecule has 9 nitrogen and oxygen atoms in total. The summed E-state index contributed by atoms with van der Waals surface area (Å²) in [7, 11) is -3.77. The Morgan fingerprint density at radius 1 is 1.21 bits per heavy atom. The number of aromatic nitrogens is 2. The minimum absolute atomic E-state index is 0.000778. The number of carbonyl (C=O) groups excluding carboxylic acids is 1. The van der Waals surface area contributed by atoms with Crippen LogP contribution in [0.5, 0.6) is 0 Å². The summed E-state index contributed by atoms with van der Waals surface area (Å²) in [5.41, 5.74) is 7.67. The van der Waals surface area contributed by atoms with Crippen LogP contribution in [0, 0.1) is 13.8 Å². The number of rotatable bonds is 5. The number of nitrogens with one attached hydrogen (secondary N) is 2. The third kappa shape index (κ3) is 4.34. The topological polar surface area (TPSA) is 136 Å². The second-order valence-electron chi connectivity index (χ2n) is 8.00. The third-order valence-corrected chi connectivity index (χ3v) is 7.91. The highest BCUT2D eigenvalue weighted by Gasteiger charge is 2.37. The van der Waals surface area contributed by atoms with Gasteiger partial charge in [-0.05, 0) is 37.1 Å². The SMILES string of the molecule is Cc1nc(N)ccc1CNC(=O)Cn1c(C)cc2c(c1=O)NCC(c1ccccc1)S2(=O)=O. The van der Waals surface area contributed by atoms with E-state index in [4.69, 9.17) is 5.73 Å². The maximum Gasteiger partial charge on any atom is 0.275 e. The van der Waals surface area contributed by atoms with Gasteiger partial charge in [-0.25, -0.2) is 13.4 Å². The number of nitrogens with two attached hydrogens (primary N) is 1. The highest BCUT2D eigenvalue weighted by molar-refractivity contribution is 7.92. The molecule has 1 amide bonds. The van der Waals surface area contributed by atoms with E-state index in [1.165, 1.54) is 10.6 Å². The van der Waals surface area contributed by atoms with Crippen molar-refractivity contribution in [2.24, 2.45) is 0 Å². The number of nitrogens with zero attached hydrogens (tertiary/aromatic N) is 2. The Balaban J connectivity index is 1.57. The Morgan fingerprint density at radius 3 is 2.64 bits per heavy atom. The second-order valence-corrected chi connectivity index (χ2v) is 10.1. The fourth-order valence-electron chi connectivity index (χ4n) is 3.94. The molecule has 10 heteroatoms. The maximum atomic E-state index is 13.3. The normalized spacial score (nSPS) is 16.5. The quantitative estimate of drug-likeness (QED) is 0.519. The van der Waals surface area contributed by atoms with Crippen LogP contribution >= 0.6 is 0 Å². The van der Waals surface area contributed by atoms with Crippen molar-refractivity contribution in [1.82, 2.24) is 14.9 Å². The van der Waals surface area contributed by atoms with Gasteiger partial charge in [0.05, 0.1) is 4.90 Å². The number of hydrogen-bond acceptors (Lipinski definition) is 7. The van der Waals surface area contributed by atoms with Crippen LogP contribution in [0.1, 0.15) is 27.8 Å². The average molecular weight is 468 g/mol. The van der Waals surface area contributed by atoms with Crippen molar-refractivity contribution in [3.05, 3.63) is 81.4 Å². The van der Waals surface area contributed by atoms with Crippen LogP contribution in [0.25, 0.3) is 0 Å². The summed E-state index contributed by atoms with van der Waals surface area (Å²) >= 11 is 0. The minimum atomic E-state index is -3.77. The van der Waals surface area contributed by atoms with Gasteiger partial charge in [-0.3, -0.25) is 9.59 Å². The van der Waals surface area contributed by atoms with Gasteiger partial charge in [-0.1, -0.05) is 36.4 Å². The highest BCUT2D eigenvalue weighted by Crippen LogP contribution is 2.36. The molecule has 0 saturated heterocycles. The number of hydrogen-bond donors (Lipinski definition) is 3. The molecule has 4 rings (SSSR count). The summed E-state index contributed by atoms with van der Waals surface area (Å²) in [6, 6.07) is 13.8. The lowest BCUT2D eigenvalue weighted by Gasteiger charge is -2.27. The van der Waals surface area contributed by atoms with Gasteiger partial charge in [-0.2, -0.15) is 0 Å². The van der Waals surface area contributed by atoms with Crippen molar-refractivity contribution in [3.8, 4) is 0 Å². The number of benzene rings is 1. The van der Waals surface area contributed by atoms with Crippen molar-refractivity contribution in [3.63, 3.8) is 0 Å². The Labute approximate surface area is 191 Å². The van der Waals surface area contributed by atoms with Gasteiger partial charge in [0.25, 0.3) is 5.56 Å². The number of fused-ring (bicyclic) bond motifs is 1. The van der Waals surface area contributed by atoms with Crippen LogP contribution in [0.2, 0.25) is 0 Å². The number of pyridine rings is 2. The molecule has 0 aliphatic carbocycles. The summed E-state index contributed by atoms with van der Waals surface area (Å²) in [6.07, 6.45) is 0. The first kappa shape index (κ1) is 22.5. The maximum absolute atomic E-state index is 13.3. The minimum Gasteiger partial charge on any atom is -0.384 e. The van der Waals surface area contributed by atoms with Crippen LogP contribution in [0.4, 0.5) is 11.5 Å². The first-order chi connectivity index (χ1) is 15.7. The largest absolute Gasteiger partial charge is 0.384 e. The first-order valence-electron chi connectivity index (χ1n) is 10.4. The van der Waals surface area contributed by atoms with Crippen molar-refractivity contribution in [2.45, 2.75) is 37.1 Å². The summed E-state index contributed by atoms with van der Waals surface area (Å²) in [4.78, 5) is 29.8. The molecule has 0 saturated carbocycles. The molecule has 1 atom stereocenters. The number of anilines is 2. The number of sulfone groups is 1. The van der Waals surface area contributed by atoms with Crippen molar-refractivity contribution >= 4 is 27.2 Å². The van der Waals surface area contributed by atoms with E-state index in [1.54, 1.807) is 50.2 Å².